The first kappa shape index (κ1) is 21.1. The maximum absolute atomic E-state index is 13.4. The highest BCUT2D eigenvalue weighted by Gasteiger charge is 2.42. The van der Waals surface area contributed by atoms with Gasteiger partial charge in [-0.15, -0.1) is 0 Å². The van der Waals surface area contributed by atoms with Crippen molar-refractivity contribution in [2.24, 2.45) is 5.92 Å². The molecule has 1 saturated carbocycles. The van der Waals surface area contributed by atoms with E-state index in [9.17, 15) is 13.2 Å². The number of amides is 1. The third-order valence-electron chi connectivity index (χ3n) is 6.49. The van der Waals surface area contributed by atoms with Crippen LogP contribution in [0, 0.1) is 5.92 Å². The van der Waals surface area contributed by atoms with Gasteiger partial charge in [-0.1, -0.05) is 26.0 Å². The number of hydrogen-bond acceptors (Lipinski definition) is 5. The molecule has 1 aromatic heterocycles. The Morgan fingerprint density at radius 1 is 1.23 bits per heavy atom. The molecule has 3 aliphatic rings. The molecule has 3 atom stereocenters. The number of anilines is 1. The Morgan fingerprint density at radius 2 is 2.00 bits per heavy atom. The predicted molar refractivity (Wildman–Crippen MR) is 120 cm³/mol. The molecule has 1 heterocycles. The fourth-order valence-corrected chi connectivity index (χ4v) is 5.59. The Morgan fingerprint density at radius 3 is 2.70 bits per heavy atom. The molecule has 1 N–H and O–H groups in total. The minimum Gasteiger partial charge on any atom is -0.354 e. The number of hydrogen-bond donors (Lipinski definition) is 2. The molecule has 0 spiro atoms. The van der Waals surface area contributed by atoms with E-state index in [0.29, 0.717) is 30.0 Å². The van der Waals surface area contributed by atoms with Crippen LogP contribution in [0.15, 0.2) is 30.1 Å². The second kappa shape index (κ2) is 8.92. The van der Waals surface area contributed by atoms with E-state index in [2.05, 4.69) is 35.5 Å². The second-order valence-electron chi connectivity index (χ2n) is 8.77. The van der Waals surface area contributed by atoms with Crippen molar-refractivity contribution in [1.29, 1.82) is 0 Å². The summed E-state index contributed by atoms with van der Waals surface area (Å²) in [5, 5.41) is 3.56. The average molecular weight is 430 g/mol. The van der Waals surface area contributed by atoms with E-state index in [0.717, 1.165) is 49.1 Å². The highest BCUT2D eigenvalue weighted by molar-refractivity contribution is 7.72. The van der Waals surface area contributed by atoms with Crippen molar-refractivity contribution < 1.29 is 13.2 Å². The van der Waals surface area contributed by atoms with Gasteiger partial charge < -0.3 is 10.2 Å². The molecule has 30 heavy (non-hydrogen) atoms. The normalized spacial score (nSPS) is 24.1. The number of nitrogens with one attached hydrogen (secondary N) is 1. The van der Waals surface area contributed by atoms with Gasteiger partial charge in [0.15, 0.2) is 0 Å². The minimum absolute atomic E-state index is 0.00632. The molecule has 0 aromatic carbocycles. The maximum atomic E-state index is 13.4. The lowest BCUT2D eigenvalue weighted by Gasteiger charge is -2.26. The van der Waals surface area contributed by atoms with Crippen molar-refractivity contribution in [2.75, 3.05) is 24.2 Å². The predicted octanol–water partition coefficient (Wildman–Crippen LogP) is 3.80. The summed E-state index contributed by atoms with van der Waals surface area (Å²) in [6.45, 7) is 4.97. The minimum atomic E-state index is -2.50. The number of aromatic nitrogens is 1. The highest BCUT2D eigenvalue weighted by atomic mass is 32.2. The quantitative estimate of drug-likeness (QED) is 0.615. The largest absolute Gasteiger partial charge is 0.354 e. The number of allylic oxidation sites excluding steroid dienone is 3. The summed E-state index contributed by atoms with van der Waals surface area (Å²) < 4.78 is 22.2. The summed E-state index contributed by atoms with van der Waals surface area (Å²) in [6, 6.07) is 0. The number of thiol groups is 1. The van der Waals surface area contributed by atoms with Crippen LogP contribution in [0.5, 0.6) is 0 Å². The standard InChI is InChI=1S/C23H31N3O3S/c1-3-9-26(10-11-30(28)29)23(27)22-21-17-8-7-16(13-17)20(21)19(14-24-22)25-18-6-4-5-15(2)12-18/h4,6,12,14-17,25,30H,3,5,7-11,13H2,1-2H3. The lowest BCUT2D eigenvalue weighted by atomic mass is 9.89. The Bertz CT molecular complexity index is 959. The first-order chi connectivity index (χ1) is 14.5. The average Bonchev–Trinajstić information content (AvgIpc) is 3.33. The van der Waals surface area contributed by atoms with Crippen LogP contribution in [-0.2, 0) is 10.7 Å². The molecule has 2 bridgehead atoms. The van der Waals surface area contributed by atoms with Crippen LogP contribution in [0.1, 0.15) is 79.4 Å². The Balaban J connectivity index is 1.67. The topological polar surface area (TPSA) is 79.4 Å². The van der Waals surface area contributed by atoms with E-state index < -0.39 is 10.7 Å². The van der Waals surface area contributed by atoms with Gasteiger partial charge in [-0.2, -0.15) is 0 Å². The summed E-state index contributed by atoms with van der Waals surface area (Å²) in [7, 11) is -2.50. The van der Waals surface area contributed by atoms with Crippen molar-refractivity contribution in [3.8, 4) is 0 Å². The van der Waals surface area contributed by atoms with Crippen LogP contribution in [-0.4, -0.2) is 43.1 Å². The van der Waals surface area contributed by atoms with Gasteiger partial charge in [-0.3, -0.25) is 4.79 Å². The molecule has 6 nitrogen and oxygen atoms in total. The summed E-state index contributed by atoms with van der Waals surface area (Å²) in [4.78, 5) is 19.6. The molecule has 162 valence electrons. The van der Waals surface area contributed by atoms with Crippen LogP contribution in [0.25, 0.3) is 0 Å². The first-order valence-corrected chi connectivity index (χ1v) is 12.4. The second-order valence-corrected chi connectivity index (χ2v) is 9.88. The van der Waals surface area contributed by atoms with Crippen LogP contribution in [0.4, 0.5) is 5.69 Å². The molecule has 3 aliphatic carbocycles. The van der Waals surface area contributed by atoms with E-state index in [4.69, 9.17) is 0 Å². The van der Waals surface area contributed by atoms with Gasteiger partial charge >= 0.3 is 0 Å². The van der Waals surface area contributed by atoms with Crippen LogP contribution >= 0.6 is 0 Å². The van der Waals surface area contributed by atoms with Crippen molar-refractivity contribution in [3.63, 3.8) is 0 Å². The van der Waals surface area contributed by atoms with Crippen molar-refractivity contribution >= 4 is 22.3 Å². The van der Waals surface area contributed by atoms with Crippen molar-refractivity contribution in [1.82, 2.24) is 9.88 Å². The smallest absolute Gasteiger partial charge is 0.272 e. The zero-order chi connectivity index (χ0) is 21.3. The van der Waals surface area contributed by atoms with Gasteiger partial charge in [0.05, 0.1) is 17.6 Å². The third kappa shape index (κ3) is 4.17. The molecular formula is C23H31N3O3S. The zero-order valence-electron chi connectivity index (χ0n) is 17.8. The molecule has 0 aliphatic heterocycles. The van der Waals surface area contributed by atoms with Gasteiger partial charge in [-0.25, -0.2) is 13.4 Å². The van der Waals surface area contributed by atoms with Gasteiger partial charge in [-0.05, 0) is 67.1 Å². The van der Waals surface area contributed by atoms with Crippen LogP contribution in [0.3, 0.4) is 0 Å². The lowest BCUT2D eigenvalue weighted by molar-refractivity contribution is 0.0758. The third-order valence-corrected chi connectivity index (χ3v) is 7.06. The summed E-state index contributed by atoms with van der Waals surface area (Å²) >= 11 is 0. The maximum Gasteiger partial charge on any atom is 0.272 e. The number of nitrogens with zero attached hydrogens (tertiary/aromatic N) is 2. The summed E-state index contributed by atoms with van der Waals surface area (Å²) in [5.74, 6) is 1.23. The van der Waals surface area contributed by atoms with Gasteiger partial charge in [0.2, 0.25) is 0 Å². The number of carbonyl (C=O) groups excluding carboxylic acids is 1. The van der Waals surface area contributed by atoms with Gasteiger partial charge in [0, 0.05) is 18.8 Å². The van der Waals surface area contributed by atoms with Crippen molar-refractivity contribution in [3.05, 3.63) is 46.9 Å². The number of fused-ring (bicyclic) bond motifs is 5. The Kier molecular flexibility index (Phi) is 6.27. The van der Waals surface area contributed by atoms with Gasteiger partial charge in [0.1, 0.15) is 16.4 Å². The summed E-state index contributed by atoms with van der Waals surface area (Å²) in [6.07, 6.45) is 13.5. The van der Waals surface area contributed by atoms with E-state index in [1.807, 2.05) is 6.92 Å². The molecule has 7 heteroatoms. The van der Waals surface area contributed by atoms with E-state index >= 15 is 0 Å². The van der Waals surface area contributed by atoms with E-state index in [-0.39, 0.29) is 18.2 Å². The molecule has 4 rings (SSSR count). The van der Waals surface area contributed by atoms with Crippen LogP contribution in [0.2, 0.25) is 0 Å². The molecule has 3 unspecified atom stereocenters. The molecule has 1 fully saturated rings. The number of pyridine rings is 1. The SMILES string of the molecule is CCCN(CC[SH](=O)=O)C(=O)c1ncc(NC2=CC(C)CC=C2)c2c1C1CCC2C1. The monoisotopic (exact) mass is 429 g/mol. The Labute approximate surface area is 180 Å². The molecule has 1 aromatic rings. The highest BCUT2D eigenvalue weighted by Crippen LogP contribution is 2.56. The van der Waals surface area contributed by atoms with Crippen molar-refractivity contribution in [2.45, 2.75) is 57.8 Å². The Hall–Kier alpha value is -2.15. The fraction of sp³-hybridized carbons (Fsp3) is 0.565. The number of rotatable bonds is 8. The van der Waals surface area contributed by atoms with Gasteiger partial charge in [0.25, 0.3) is 5.91 Å². The first-order valence-electron chi connectivity index (χ1n) is 11.1. The fourth-order valence-electron chi connectivity index (χ4n) is 5.19. The molecular weight excluding hydrogens is 398 g/mol. The molecule has 1 amide bonds. The summed E-state index contributed by atoms with van der Waals surface area (Å²) in [5.41, 5.74) is 4.99. The molecule has 0 radical (unpaired) electrons. The molecule has 0 saturated heterocycles. The van der Waals surface area contributed by atoms with E-state index in [1.165, 1.54) is 5.56 Å². The zero-order valence-corrected chi connectivity index (χ0v) is 18.7. The van der Waals surface area contributed by atoms with E-state index in [1.54, 1.807) is 11.1 Å². The number of carbonyl (C=O) groups is 1. The lowest BCUT2D eigenvalue weighted by Crippen LogP contribution is -2.36. The van der Waals surface area contributed by atoms with Crippen LogP contribution < -0.4 is 5.32 Å².